The van der Waals surface area contributed by atoms with Gasteiger partial charge >= 0.3 is 0 Å². The molecule has 200 valence electrons. The maximum atomic E-state index is 13.9. The first-order valence-electron chi connectivity index (χ1n) is 13.1. The minimum Gasteiger partial charge on any atom is -0.383 e. The zero-order valence-electron chi connectivity index (χ0n) is 22.4. The summed E-state index contributed by atoms with van der Waals surface area (Å²) in [4.78, 5) is 8.53. The van der Waals surface area contributed by atoms with E-state index in [9.17, 15) is 9.65 Å². The van der Waals surface area contributed by atoms with Crippen molar-refractivity contribution in [3.63, 3.8) is 0 Å². The molecule has 4 aromatic rings. The summed E-state index contributed by atoms with van der Waals surface area (Å²) in [6, 6.07) is 8.62. The standard InChI is InChI=1S/C29H30ClFN8/c1-16-20(5-6-24(31)35-16)27(23-14-39(38-37-23)29-9-17(10-29)11-29)36-19-7-21-25(34-15-28(2,3)4)18(12-32)13-33-26(21)22(30)8-19/h5-8,13-14,17,27,36H,9-11,15H2,1-4H3,(H,33,34)/t17?,27-,29?/m0/s1. The van der Waals surface area contributed by atoms with Crippen LogP contribution in [0.2, 0.25) is 5.02 Å². The van der Waals surface area contributed by atoms with Crippen molar-refractivity contribution in [3.8, 4) is 6.07 Å². The van der Waals surface area contributed by atoms with Crippen LogP contribution in [0.15, 0.2) is 36.7 Å². The van der Waals surface area contributed by atoms with Gasteiger partial charge in [0, 0.05) is 35.1 Å². The average Bonchev–Trinajstić information content (AvgIpc) is 3.28. The van der Waals surface area contributed by atoms with E-state index in [1.54, 1.807) is 25.3 Å². The second-order valence-corrected chi connectivity index (χ2v) is 12.5. The van der Waals surface area contributed by atoms with Crippen LogP contribution in [0.3, 0.4) is 0 Å². The summed E-state index contributed by atoms with van der Waals surface area (Å²) in [5.74, 6) is 0.272. The number of fused-ring (bicyclic) bond motifs is 1. The van der Waals surface area contributed by atoms with Crippen molar-refractivity contribution in [1.82, 2.24) is 25.0 Å². The van der Waals surface area contributed by atoms with Gasteiger partial charge in [-0.15, -0.1) is 5.10 Å². The summed E-state index contributed by atoms with van der Waals surface area (Å²) in [6.07, 6.45) is 6.97. The average molecular weight is 545 g/mol. The third kappa shape index (κ3) is 4.57. The Bertz CT molecular complexity index is 1620. The molecule has 2 N–H and O–H groups in total. The molecule has 3 saturated carbocycles. The van der Waals surface area contributed by atoms with Crippen LogP contribution in [0, 0.1) is 35.5 Å². The van der Waals surface area contributed by atoms with Gasteiger partial charge < -0.3 is 10.6 Å². The Kier molecular flexibility index (Phi) is 5.99. The Morgan fingerprint density at radius 1 is 1.26 bits per heavy atom. The summed E-state index contributed by atoms with van der Waals surface area (Å²) in [7, 11) is 0. The number of rotatable bonds is 7. The van der Waals surface area contributed by atoms with E-state index in [0.717, 1.165) is 36.1 Å². The molecule has 39 heavy (non-hydrogen) atoms. The lowest BCUT2D eigenvalue weighted by molar-refractivity contribution is -0.0989. The highest BCUT2D eigenvalue weighted by Crippen LogP contribution is 2.62. The highest BCUT2D eigenvalue weighted by molar-refractivity contribution is 6.35. The molecule has 3 aliphatic carbocycles. The Hall–Kier alpha value is -3.77. The van der Waals surface area contributed by atoms with Crippen LogP contribution < -0.4 is 10.6 Å². The van der Waals surface area contributed by atoms with Gasteiger partial charge in [-0.05, 0) is 55.7 Å². The van der Waals surface area contributed by atoms with Gasteiger partial charge in [-0.2, -0.15) is 9.65 Å². The second kappa shape index (κ2) is 9.16. The van der Waals surface area contributed by atoms with Crippen LogP contribution in [0.5, 0.6) is 0 Å². The van der Waals surface area contributed by atoms with Gasteiger partial charge in [0.2, 0.25) is 5.95 Å². The van der Waals surface area contributed by atoms with E-state index in [1.165, 1.54) is 6.07 Å². The van der Waals surface area contributed by atoms with Gasteiger partial charge in [0.05, 0.1) is 39.6 Å². The molecule has 10 heteroatoms. The van der Waals surface area contributed by atoms with E-state index >= 15 is 0 Å². The monoisotopic (exact) mass is 544 g/mol. The van der Waals surface area contributed by atoms with Gasteiger partial charge in [0.25, 0.3) is 0 Å². The fourth-order valence-corrected chi connectivity index (χ4v) is 5.92. The van der Waals surface area contributed by atoms with E-state index in [-0.39, 0.29) is 11.0 Å². The van der Waals surface area contributed by atoms with Crippen molar-refractivity contribution in [1.29, 1.82) is 5.26 Å². The zero-order chi connectivity index (χ0) is 27.5. The molecule has 0 unspecified atom stereocenters. The lowest BCUT2D eigenvalue weighted by atomic mass is 9.50. The number of benzene rings is 1. The van der Waals surface area contributed by atoms with E-state index in [2.05, 4.69) is 57.8 Å². The molecule has 3 heterocycles. The van der Waals surface area contributed by atoms with Crippen LogP contribution in [0.1, 0.15) is 68.6 Å². The molecule has 3 fully saturated rings. The number of hydrogen-bond acceptors (Lipinski definition) is 7. The quantitative estimate of drug-likeness (QED) is 0.261. The normalized spacial score (nSPS) is 20.6. The molecule has 3 aromatic heterocycles. The fourth-order valence-electron chi connectivity index (χ4n) is 5.65. The topological polar surface area (TPSA) is 104 Å². The first-order valence-corrected chi connectivity index (χ1v) is 13.5. The first kappa shape index (κ1) is 25.5. The Labute approximate surface area is 231 Å². The number of aromatic nitrogens is 5. The van der Waals surface area contributed by atoms with Crippen molar-refractivity contribution in [2.45, 2.75) is 58.5 Å². The largest absolute Gasteiger partial charge is 0.383 e. The van der Waals surface area contributed by atoms with Crippen molar-refractivity contribution < 1.29 is 4.39 Å². The van der Waals surface area contributed by atoms with Gasteiger partial charge in [-0.25, -0.2) is 9.67 Å². The third-order valence-electron chi connectivity index (χ3n) is 7.85. The summed E-state index contributed by atoms with van der Waals surface area (Å²) in [5.41, 5.74) is 4.57. The number of anilines is 2. The van der Waals surface area contributed by atoms with Crippen molar-refractivity contribution in [2.75, 3.05) is 17.2 Å². The van der Waals surface area contributed by atoms with E-state index in [0.29, 0.717) is 45.4 Å². The summed E-state index contributed by atoms with van der Waals surface area (Å²) >= 11 is 6.74. The molecule has 1 aromatic carbocycles. The number of nitrogens with zero attached hydrogens (tertiary/aromatic N) is 6. The molecule has 0 radical (unpaired) electrons. The van der Waals surface area contributed by atoms with E-state index < -0.39 is 12.0 Å². The van der Waals surface area contributed by atoms with Gasteiger partial charge in [0.15, 0.2) is 0 Å². The number of aryl methyl sites for hydroxylation is 1. The molecule has 0 saturated heterocycles. The SMILES string of the molecule is Cc1nc(F)ccc1[C@H](Nc1cc(Cl)c2ncc(C#N)c(NCC(C)(C)C)c2c1)c1cn(C23CC(C2)C3)nn1. The molecule has 7 rings (SSSR count). The van der Waals surface area contributed by atoms with Crippen molar-refractivity contribution >= 4 is 33.9 Å². The molecule has 1 atom stereocenters. The number of nitrogens with one attached hydrogen (secondary N) is 2. The van der Waals surface area contributed by atoms with Crippen LogP contribution in [-0.2, 0) is 5.54 Å². The summed E-state index contributed by atoms with van der Waals surface area (Å²) < 4.78 is 15.9. The van der Waals surface area contributed by atoms with Crippen LogP contribution in [0.4, 0.5) is 15.8 Å². The van der Waals surface area contributed by atoms with Gasteiger partial charge in [-0.1, -0.05) is 43.7 Å². The highest BCUT2D eigenvalue weighted by atomic mass is 35.5. The van der Waals surface area contributed by atoms with Gasteiger partial charge in [-0.3, -0.25) is 4.98 Å². The molecule has 2 bridgehead atoms. The maximum absolute atomic E-state index is 13.9. The number of hydrogen-bond donors (Lipinski definition) is 2. The lowest BCUT2D eigenvalue weighted by Gasteiger charge is -2.61. The molecule has 3 aliphatic rings. The zero-order valence-corrected chi connectivity index (χ0v) is 23.1. The smallest absolute Gasteiger partial charge is 0.213 e. The third-order valence-corrected chi connectivity index (χ3v) is 8.14. The van der Waals surface area contributed by atoms with Crippen LogP contribution in [0.25, 0.3) is 10.9 Å². The minimum absolute atomic E-state index is 0.00754. The Balaban J connectivity index is 1.43. The molecule has 0 aliphatic heterocycles. The predicted octanol–water partition coefficient (Wildman–Crippen LogP) is 6.36. The Morgan fingerprint density at radius 3 is 2.67 bits per heavy atom. The molecule has 0 amide bonds. The molecule has 8 nitrogen and oxygen atoms in total. The summed E-state index contributed by atoms with van der Waals surface area (Å²) in [6.45, 7) is 8.81. The second-order valence-electron chi connectivity index (χ2n) is 12.1. The number of nitriles is 1. The van der Waals surface area contributed by atoms with Crippen molar-refractivity contribution in [2.24, 2.45) is 11.3 Å². The Morgan fingerprint density at radius 2 is 2.03 bits per heavy atom. The van der Waals surface area contributed by atoms with Gasteiger partial charge in [0.1, 0.15) is 11.8 Å². The highest BCUT2D eigenvalue weighted by Gasteiger charge is 2.58. The molecular weight excluding hydrogens is 515 g/mol. The maximum Gasteiger partial charge on any atom is 0.213 e. The predicted molar refractivity (Wildman–Crippen MR) is 149 cm³/mol. The van der Waals surface area contributed by atoms with Crippen LogP contribution in [-0.4, -0.2) is 31.5 Å². The van der Waals surface area contributed by atoms with E-state index in [1.807, 2.05) is 16.9 Å². The van der Waals surface area contributed by atoms with Crippen LogP contribution >= 0.6 is 11.6 Å². The molecule has 0 spiro atoms. The van der Waals surface area contributed by atoms with Crippen molar-refractivity contribution in [3.05, 3.63) is 70.1 Å². The summed E-state index contributed by atoms with van der Waals surface area (Å²) in [5, 5.41) is 27.0. The molecular formula is C29H30ClFN8. The number of halogens is 2. The minimum atomic E-state index is -0.536. The fraction of sp³-hybridized carbons (Fsp3) is 0.414. The lowest BCUT2D eigenvalue weighted by Crippen LogP contribution is -2.59. The van der Waals surface area contributed by atoms with E-state index in [4.69, 9.17) is 11.6 Å². The first-order chi connectivity index (χ1) is 18.5. The number of pyridine rings is 2.